The fourth-order valence-corrected chi connectivity index (χ4v) is 5.42. The third kappa shape index (κ3) is 3.16. The van der Waals surface area contributed by atoms with E-state index < -0.39 is 0 Å². The highest BCUT2D eigenvalue weighted by molar-refractivity contribution is 6.30. The molecule has 0 spiro atoms. The first-order valence-corrected chi connectivity index (χ1v) is 11.9. The average molecular weight is 478 g/mol. The van der Waals surface area contributed by atoms with Gasteiger partial charge in [-0.05, 0) is 67.6 Å². The van der Waals surface area contributed by atoms with Crippen LogP contribution < -0.4 is 10.5 Å². The summed E-state index contributed by atoms with van der Waals surface area (Å²) in [6, 6.07) is 9.17. The Balaban J connectivity index is 1.50. The van der Waals surface area contributed by atoms with Crippen LogP contribution in [0.15, 0.2) is 35.1 Å². The topological polar surface area (TPSA) is 92.6 Å². The molecular formula is C25H24ClN5O3. The minimum Gasteiger partial charge on any atom is -0.383 e. The summed E-state index contributed by atoms with van der Waals surface area (Å²) in [5.74, 6) is 0.997. The van der Waals surface area contributed by atoms with Crippen molar-refractivity contribution < 1.29 is 9.53 Å². The van der Waals surface area contributed by atoms with Gasteiger partial charge in [-0.15, -0.1) is 10.2 Å². The Morgan fingerprint density at radius 1 is 1.24 bits per heavy atom. The molecule has 0 bridgehead atoms. The van der Waals surface area contributed by atoms with E-state index in [4.69, 9.17) is 16.3 Å². The summed E-state index contributed by atoms with van der Waals surface area (Å²) < 4.78 is 7.28. The Morgan fingerprint density at radius 3 is 2.79 bits per heavy atom. The number of amides is 1. The van der Waals surface area contributed by atoms with E-state index in [1.807, 2.05) is 29.5 Å². The van der Waals surface area contributed by atoms with Crippen molar-refractivity contribution in [3.05, 3.63) is 68.2 Å². The largest absolute Gasteiger partial charge is 0.383 e. The molecule has 0 saturated heterocycles. The van der Waals surface area contributed by atoms with E-state index in [0.29, 0.717) is 40.7 Å². The Labute approximate surface area is 200 Å². The van der Waals surface area contributed by atoms with Gasteiger partial charge >= 0.3 is 0 Å². The zero-order chi connectivity index (χ0) is 23.6. The molecule has 1 aliphatic carbocycles. The summed E-state index contributed by atoms with van der Waals surface area (Å²) in [5.41, 5.74) is 4.58. The van der Waals surface area contributed by atoms with Crippen LogP contribution in [0.1, 0.15) is 52.5 Å². The molecular weight excluding hydrogens is 454 g/mol. The van der Waals surface area contributed by atoms with Gasteiger partial charge < -0.3 is 14.6 Å². The number of hydrogen-bond donors (Lipinski definition) is 1. The number of rotatable bonds is 4. The highest BCUT2D eigenvalue weighted by Crippen LogP contribution is 2.37. The lowest BCUT2D eigenvalue weighted by molar-refractivity contribution is 0.0956. The van der Waals surface area contributed by atoms with Gasteiger partial charge in [-0.2, -0.15) is 0 Å². The lowest BCUT2D eigenvalue weighted by Gasteiger charge is -2.26. The van der Waals surface area contributed by atoms with Crippen LogP contribution in [0.4, 0.5) is 5.69 Å². The number of aryl methyl sites for hydroxylation is 1. The summed E-state index contributed by atoms with van der Waals surface area (Å²) >= 11 is 6.20. The number of methoxy groups -OCH3 is 1. The SMILES string of the molecule is COCC1Cc2cc(Cl)ccc2N1C(=O)c1cc2[nH]c(=O)c3nnc(C4CCC4)n3c2cc1C. The molecule has 1 aliphatic heterocycles. The van der Waals surface area contributed by atoms with Gasteiger partial charge in [-0.25, -0.2) is 0 Å². The third-order valence-corrected chi connectivity index (χ3v) is 7.36. The zero-order valence-corrected chi connectivity index (χ0v) is 19.7. The maximum Gasteiger partial charge on any atom is 0.294 e. The fourth-order valence-electron chi connectivity index (χ4n) is 5.22. The molecule has 8 nitrogen and oxygen atoms in total. The molecule has 1 unspecified atom stereocenters. The number of halogens is 1. The van der Waals surface area contributed by atoms with Gasteiger partial charge in [0.05, 0.1) is 23.7 Å². The van der Waals surface area contributed by atoms with Crippen molar-refractivity contribution in [3.63, 3.8) is 0 Å². The van der Waals surface area contributed by atoms with Crippen LogP contribution in [-0.4, -0.2) is 45.2 Å². The van der Waals surface area contributed by atoms with E-state index in [0.717, 1.165) is 47.4 Å². The molecule has 9 heteroatoms. The van der Waals surface area contributed by atoms with Gasteiger partial charge in [0.2, 0.25) is 5.65 Å². The van der Waals surface area contributed by atoms with Crippen molar-refractivity contribution in [3.8, 4) is 0 Å². The van der Waals surface area contributed by atoms with E-state index >= 15 is 0 Å². The highest BCUT2D eigenvalue weighted by atomic mass is 35.5. The predicted octanol–water partition coefficient (Wildman–Crippen LogP) is 4.02. The second-order valence-electron chi connectivity index (χ2n) is 9.24. The molecule has 0 radical (unpaired) electrons. The number of H-pyrrole nitrogens is 1. The van der Waals surface area contributed by atoms with Gasteiger partial charge in [0.1, 0.15) is 5.82 Å². The van der Waals surface area contributed by atoms with Crippen LogP contribution >= 0.6 is 11.6 Å². The molecule has 2 aliphatic rings. The number of hydrogen-bond acceptors (Lipinski definition) is 5. The van der Waals surface area contributed by atoms with Crippen molar-refractivity contribution >= 4 is 39.9 Å². The summed E-state index contributed by atoms with van der Waals surface area (Å²) in [5, 5.41) is 9.13. The maximum atomic E-state index is 13.9. The van der Waals surface area contributed by atoms with Crippen LogP contribution in [0.2, 0.25) is 5.02 Å². The molecule has 1 N–H and O–H groups in total. The first-order chi connectivity index (χ1) is 16.5. The van der Waals surface area contributed by atoms with Crippen molar-refractivity contribution in [2.45, 2.75) is 44.6 Å². The summed E-state index contributed by atoms with van der Waals surface area (Å²) in [6.45, 7) is 2.33. The van der Waals surface area contributed by atoms with Crippen molar-refractivity contribution in [1.82, 2.24) is 19.6 Å². The van der Waals surface area contributed by atoms with Gasteiger partial charge in [-0.3, -0.25) is 14.0 Å². The number of aromatic nitrogens is 4. The molecule has 3 heterocycles. The fraction of sp³-hybridized carbons (Fsp3) is 0.360. The number of benzene rings is 2. The number of fused-ring (bicyclic) bond motifs is 4. The van der Waals surface area contributed by atoms with E-state index in [1.165, 1.54) is 0 Å². The molecule has 1 atom stereocenters. The first kappa shape index (κ1) is 21.3. The third-order valence-electron chi connectivity index (χ3n) is 7.12. The molecule has 174 valence electrons. The van der Waals surface area contributed by atoms with Crippen LogP contribution in [0.25, 0.3) is 16.7 Å². The van der Waals surface area contributed by atoms with Crippen LogP contribution in [0, 0.1) is 6.92 Å². The minimum atomic E-state index is -0.314. The zero-order valence-electron chi connectivity index (χ0n) is 19.0. The molecule has 34 heavy (non-hydrogen) atoms. The predicted molar refractivity (Wildman–Crippen MR) is 130 cm³/mol. The standard InChI is InChI=1S/C25H24ClN5O3/c1-13-8-21-19(27-24(32)23-29-28-22(31(21)23)14-4-3-5-14)11-18(13)25(33)30-17(12-34-2)10-15-9-16(26)6-7-20(15)30/h6-9,11,14,17H,3-5,10,12H2,1-2H3,(H,27,32). The summed E-state index contributed by atoms with van der Waals surface area (Å²) in [7, 11) is 1.63. The normalized spacial score (nSPS) is 18.0. The second-order valence-corrected chi connectivity index (χ2v) is 9.68. The van der Waals surface area contributed by atoms with Crippen LogP contribution in [-0.2, 0) is 11.2 Å². The van der Waals surface area contributed by atoms with Gasteiger partial charge in [0.15, 0.2) is 0 Å². The highest BCUT2D eigenvalue weighted by Gasteiger charge is 2.35. The minimum absolute atomic E-state index is 0.133. The molecule has 2 aromatic heterocycles. The smallest absolute Gasteiger partial charge is 0.294 e. The Hall–Kier alpha value is -3.23. The van der Waals surface area contributed by atoms with Crippen LogP contribution in [0.3, 0.4) is 0 Å². The molecule has 1 amide bonds. The number of aromatic amines is 1. The monoisotopic (exact) mass is 477 g/mol. The summed E-state index contributed by atoms with van der Waals surface area (Å²) in [6.07, 6.45) is 3.92. The number of carbonyl (C=O) groups excluding carboxylic acids is 1. The van der Waals surface area contributed by atoms with Gasteiger partial charge in [0.25, 0.3) is 11.5 Å². The van der Waals surface area contributed by atoms with Gasteiger partial charge in [-0.1, -0.05) is 18.0 Å². The number of anilines is 1. The van der Waals surface area contributed by atoms with E-state index in [2.05, 4.69) is 15.2 Å². The lowest BCUT2D eigenvalue weighted by Crippen LogP contribution is -2.40. The Bertz CT molecular complexity index is 1520. The number of nitrogens with one attached hydrogen (secondary N) is 1. The Kier molecular flexibility index (Phi) is 4.97. The number of ether oxygens (including phenoxy) is 1. The van der Waals surface area contributed by atoms with Crippen LogP contribution in [0.5, 0.6) is 0 Å². The van der Waals surface area contributed by atoms with E-state index in [1.54, 1.807) is 24.1 Å². The number of nitrogens with zero attached hydrogens (tertiary/aromatic N) is 4. The number of carbonyl (C=O) groups is 1. The van der Waals surface area contributed by atoms with E-state index in [-0.39, 0.29) is 17.5 Å². The second kappa shape index (κ2) is 7.92. The lowest BCUT2D eigenvalue weighted by atomic mass is 9.85. The molecule has 1 saturated carbocycles. The van der Waals surface area contributed by atoms with E-state index in [9.17, 15) is 9.59 Å². The average Bonchev–Trinajstić information content (AvgIpc) is 3.34. The molecule has 2 aromatic carbocycles. The van der Waals surface area contributed by atoms with Crippen molar-refractivity contribution in [2.24, 2.45) is 0 Å². The summed E-state index contributed by atoms with van der Waals surface area (Å²) in [4.78, 5) is 31.4. The van der Waals surface area contributed by atoms with Gasteiger partial charge in [0, 0.05) is 29.3 Å². The van der Waals surface area contributed by atoms with Crippen molar-refractivity contribution in [1.29, 1.82) is 0 Å². The molecule has 1 fully saturated rings. The molecule has 4 aromatic rings. The maximum absolute atomic E-state index is 13.9. The first-order valence-electron chi connectivity index (χ1n) is 11.5. The molecule has 6 rings (SSSR count). The quantitative estimate of drug-likeness (QED) is 0.479. The Morgan fingerprint density at radius 2 is 2.06 bits per heavy atom. The van der Waals surface area contributed by atoms with Crippen molar-refractivity contribution in [2.75, 3.05) is 18.6 Å².